The van der Waals surface area contributed by atoms with E-state index in [1.165, 1.54) is 10.8 Å². The Morgan fingerprint density at radius 2 is 1.80 bits per heavy atom. The molecule has 0 radical (unpaired) electrons. The largest absolute Gasteiger partial charge is 0.462 e. The summed E-state index contributed by atoms with van der Waals surface area (Å²) in [4.78, 5) is 12.3. The number of hydrogen-bond acceptors (Lipinski definition) is 2. The normalized spacial score (nSPS) is 11.0. The molecule has 0 aliphatic heterocycles. The van der Waals surface area contributed by atoms with Gasteiger partial charge in [0.1, 0.15) is 0 Å². The van der Waals surface area contributed by atoms with Crippen LogP contribution in [0.25, 0.3) is 22.0 Å². The van der Waals surface area contributed by atoms with Gasteiger partial charge >= 0.3 is 5.97 Å². The van der Waals surface area contributed by atoms with Gasteiger partial charge in [-0.2, -0.15) is 0 Å². The van der Waals surface area contributed by atoms with Crippen molar-refractivity contribution in [3.63, 3.8) is 0 Å². The van der Waals surface area contributed by atoms with E-state index >= 15 is 0 Å². The zero-order chi connectivity index (χ0) is 17.8. The van der Waals surface area contributed by atoms with Crippen LogP contribution in [0.1, 0.15) is 42.7 Å². The third-order valence-corrected chi connectivity index (χ3v) is 4.64. The second-order valence-electron chi connectivity index (χ2n) is 6.32. The Hall–Kier alpha value is -2.55. The number of carbonyl (C=O) groups is 1. The number of hydrogen-bond donors (Lipinski definition) is 0. The first-order valence-corrected chi connectivity index (χ1v) is 9.02. The summed E-state index contributed by atoms with van der Waals surface area (Å²) < 4.78 is 7.49. The Balaban J connectivity index is 2.11. The molecule has 3 nitrogen and oxygen atoms in total. The number of benzene rings is 2. The highest BCUT2D eigenvalue weighted by atomic mass is 16.5. The lowest BCUT2D eigenvalue weighted by Crippen LogP contribution is -2.07. The van der Waals surface area contributed by atoms with E-state index in [9.17, 15) is 4.79 Å². The highest BCUT2D eigenvalue weighted by Gasteiger charge is 2.19. The first-order valence-electron chi connectivity index (χ1n) is 9.02. The van der Waals surface area contributed by atoms with Gasteiger partial charge in [-0.05, 0) is 48.7 Å². The third-order valence-electron chi connectivity index (χ3n) is 4.64. The maximum absolute atomic E-state index is 12.3. The smallest absolute Gasteiger partial charge is 0.339 e. The fraction of sp³-hybridized carbons (Fsp3) is 0.318. The molecule has 2 aromatic carbocycles. The van der Waals surface area contributed by atoms with Gasteiger partial charge in [0.05, 0.1) is 12.2 Å². The molecular formula is C22H25NO2. The first-order chi connectivity index (χ1) is 12.2. The molecule has 0 atom stereocenters. The molecule has 1 heterocycles. The van der Waals surface area contributed by atoms with Gasteiger partial charge in [-0.15, -0.1) is 0 Å². The number of fused-ring (bicyclic) bond motifs is 1. The monoisotopic (exact) mass is 335 g/mol. The molecule has 0 fully saturated rings. The van der Waals surface area contributed by atoms with Crippen molar-refractivity contribution in [2.75, 3.05) is 6.61 Å². The molecule has 3 rings (SSSR count). The molecule has 25 heavy (non-hydrogen) atoms. The fourth-order valence-electron chi connectivity index (χ4n) is 3.25. The summed E-state index contributed by atoms with van der Waals surface area (Å²) in [6.07, 6.45) is 2.20. The molecule has 0 saturated carbocycles. The molecular weight excluding hydrogens is 310 g/mol. The fourth-order valence-corrected chi connectivity index (χ4v) is 3.25. The second-order valence-corrected chi connectivity index (χ2v) is 6.32. The quantitative estimate of drug-likeness (QED) is 0.550. The maximum atomic E-state index is 12.3. The van der Waals surface area contributed by atoms with Gasteiger partial charge in [0.15, 0.2) is 0 Å². The summed E-state index contributed by atoms with van der Waals surface area (Å²) in [5, 5.41) is 2.43. The molecule has 0 aliphatic carbocycles. The van der Waals surface area contributed by atoms with Gasteiger partial charge in [-0.25, -0.2) is 4.79 Å². The summed E-state index contributed by atoms with van der Waals surface area (Å²) >= 11 is 0. The van der Waals surface area contributed by atoms with Crippen LogP contribution in [0.3, 0.4) is 0 Å². The number of aromatic nitrogens is 1. The zero-order valence-electron chi connectivity index (χ0n) is 15.2. The standard InChI is InChI=1S/C22H25NO2/c1-4-6-13-23-16(3)20(22(24)25-5-2)15-21(23)19-12-11-17-9-7-8-10-18(17)14-19/h7-12,14-15H,4-6,13H2,1-3H3. The maximum Gasteiger partial charge on any atom is 0.339 e. The molecule has 0 saturated heterocycles. The van der Waals surface area contributed by atoms with Gasteiger partial charge < -0.3 is 9.30 Å². The van der Waals surface area contributed by atoms with E-state index in [0.29, 0.717) is 12.2 Å². The number of esters is 1. The van der Waals surface area contributed by atoms with Crippen LogP contribution in [0.15, 0.2) is 48.5 Å². The van der Waals surface area contributed by atoms with E-state index in [4.69, 9.17) is 4.74 Å². The third kappa shape index (κ3) is 3.46. The van der Waals surface area contributed by atoms with Crippen LogP contribution >= 0.6 is 0 Å². The second kappa shape index (κ2) is 7.56. The molecule has 0 bridgehead atoms. The molecule has 1 aromatic heterocycles. The summed E-state index contributed by atoms with van der Waals surface area (Å²) in [5.74, 6) is -0.239. The Bertz CT molecular complexity index is 892. The Morgan fingerprint density at radius 3 is 2.52 bits per heavy atom. The number of ether oxygens (including phenoxy) is 1. The number of unbranched alkanes of at least 4 members (excludes halogenated alkanes) is 1. The van der Waals surface area contributed by atoms with E-state index in [1.807, 2.05) is 19.9 Å². The molecule has 0 N–H and O–H groups in total. The lowest BCUT2D eigenvalue weighted by Gasteiger charge is -2.12. The van der Waals surface area contributed by atoms with Crippen molar-refractivity contribution in [1.82, 2.24) is 4.57 Å². The number of carbonyl (C=O) groups excluding carboxylic acids is 1. The highest BCUT2D eigenvalue weighted by Crippen LogP contribution is 2.29. The van der Waals surface area contributed by atoms with Crippen molar-refractivity contribution >= 4 is 16.7 Å². The highest BCUT2D eigenvalue weighted by molar-refractivity contribution is 5.94. The molecule has 0 aliphatic rings. The minimum Gasteiger partial charge on any atom is -0.462 e. The van der Waals surface area contributed by atoms with Crippen molar-refractivity contribution in [3.8, 4) is 11.3 Å². The van der Waals surface area contributed by atoms with E-state index in [-0.39, 0.29) is 5.97 Å². The van der Waals surface area contributed by atoms with E-state index in [1.54, 1.807) is 0 Å². The predicted octanol–water partition coefficient (Wildman–Crippen LogP) is 5.59. The minimum absolute atomic E-state index is 0.239. The van der Waals surface area contributed by atoms with Gasteiger partial charge in [-0.3, -0.25) is 0 Å². The van der Waals surface area contributed by atoms with Crippen LogP contribution < -0.4 is 0 Å². The van der Waals surface area contributed by atoms with Crippen LogP contribution in [0.2, 0.25) is 0 Å². The number of rotatable bonds is 6. The van der Waals surface area contributed by atoms with Crippen LogP contribution in [-0.4, -0.2) is 17.1 Å². The topological polar surface area (TPSA) is 31.2 Å². The van der Waals surface area contributed by atoms with Gasteiger partial charge in [0, 0.05) is 17.9 Å². The Labute approximate surface area is 149 Å². The van der Waals surface area contributed by atoms with Gasteiger partial charge in [0.25, 0.3) is 0 Å². The Kier molecular flexibility index (Phi) is 5.22. The lowest BCUT2D eigenvalue weighted by molar-refractivity contribution is 0.0525. The average molecular weight is 335 g/mol. The Morgan fingerprint density at radius 1 is 1.04 bits per heavy atom. The van der Waals surface area contributed by atoms with Crippen molar-refractivity contribution < 1.29 is 9.53 Å². The van der Waals surface area contributed by atoms with Gasteiger partial charge in [-0.1, -0.05) is 49.7 Å². The van der Waals surface area contributed by atoms with Gasteiger partial charge in [0.2, 0.25) is 0 Å². The molecule has 3 heteroatoms. The summed E-state index contributed by atoms with van der Waals surface area (Å²) in [6.45, 7) is 7.33. The number of nitrogens with zero attached hydrogens (tertiary/aromatic N) is 1. The first kappa shape index (κ1) is 17.3. The van der Waals surface area contributed by atoms with Crippen LogP contribution in [0.5, 0.6) is 0 Å². The van der Waals surface area contributed by atoms with Crippen LogP contribution in [0, 0.1) is 6.92 Å². The SMILES string of the molecule is CCCCn1c(-c2ccc3ccccc3c2)cc(C(=O)OCC)c1C. The minimum atomic E-state index is -0.239. The predicted molar refractivity (Wildman–Crippen MR) is 103 cm³/mol. The van der Waals surface area contributed by atoms with Crippen molar-refractivity contribution in [2.24, 2.45) is 0 Å². The zero-order valence-corrected chi connectivity index (χ0v) is 15.2. The summed E-state index contributed by atoms with van der Waals surface area (Å²) in [5.41, 5.74) is 3.87. The van der Waals surface area contributed by atoms with Crippen LogP contribution in [0.4, 0.5) is 0 Å². The summed E-state index contributed by atoms with van der Waals surface area (Å²) in [7, 11) is 0. The van der Waals surface area contributed by atoms with Crippen molar-refractivity contribution in [1.29, 1.82) is 0 Å². The molecule has 130 valence electrons. The molecule has 0 amide bonds. The molecule has 0 unspecified atom stereocenters. The van der Waals surface area contributed by atoms with Crippen molar-refractivity contribution in [2.45, 2.75) is 40.2 Å². The molecule has 3 aromatic rings. The molecule has 0 spiro atoms. The summed E-state index contributed by atoms with van der Waals surface area (Å²) in [6, 6.07) is 16.8. The lowest BCUT2D eigenvalue weighted by atomic mass is 10.0. The van der Waals surface area contributed by atoms with Crippen molar-refractivity contribution in [3.05, 3.63) is 59.8 Å². The van der Waals surface area contributed by atoms with Crippen LogP contribution in [-0.2, 0) is 11.3 Å². The van der Waals surface area contributed by atoms with E-state index in [0.717, 1.165) is 36.3 Å². The van der Waals surface area contributed by atoms with E-state index < -0.39 is 0 Å². The average Bonchev–Trinajstić information content (AvgIpc) is 2.96. The van der Waals surface area contributed by atoms with E-state index in [2.05, 4.69) is 54.0 Å².